The Morgan fingerprint density at radius 3 is 2.59 bits per heavy atom. The van der Waals surface area contributed by atoms with Gasteiger partial charge in [-0.15, -0.1) is 11.8 Å². The van der Waals surface area contributed by atoms with E-state index >= 15 is 0 Å². The highest BCUT2D eigenvalue weighted by molar-refractivity contribution is 5.75. The predicted octanol–water partition coefficient (Wildman–Crippen LogP) is 1.15. The first-order valence-corrected chi connectivity index (χ1v) is 5.68. The van der Waals surface area contributed by atoms with Crippen molar-refractivity contribution in [2.24, 2.45) is 5.92 Å². The van der Waals surface area contributed by atoms with Crippen molar-refractivity contribution >= 4 is 12.0 Å². The number of nitrogens with zero attached hydrogens (tertiary/aromatic N) is 1. The van der Waals surface area contributed by atoms with Crippen molar-refractivity contribution in [1.29, 1.82) is 0 Å². The van der Waals surface area contributed by atoms with E-state index in [1.165, 1.54) is 4.90 Å². The van der Waals surface area contributed by atoms with Gasteiger partial charge >= 0.3 is 12.0 Å². The largest absolute Gasteiger partial charge is 0.481 e. The molecule has 0 bridgehead atoms. The van der Waals surface area contributed by atoms with Gasteiger partial charge in [0, 0.05) is 26.1 Å². The van der Waals surface area contributed by atoms with E-state index in [4.69, 9.17) is 5.11 Å². The molecule has 0 heterocycles. The van der Waals surface area contributed by atoms with Crippen molar-refractivity contribution in [2.75, 3.05) is 19.6 Å². The van der Waals surface area contributed by atoms with E-state index in [9.17, 15) is 9.59 Å². The molecule has 2 N–H and O–H groups in total. The second-order valence-corrected chi connectivity index (χ2v) is 3.69. The van der Waals surface area contributed by atoms with Crippen LogP contribution in [0.5, 0.6) is 0 Å². The zero-order valence-corrected chi connectivity index (χ0v) is 10.6. The SMILES string of the molecule is CC#CCCNC(=O)N(CC)CC(C)C(=O)O. The molecule has 5 nitrogen and oxygen atoms in total. The Labute approximate surface area is 102 Å². The third kappa shape index (κ3) is 6.46. The number of nitrogens with one attached hydrogen (secondary N) is 1. The molecular weight excluding hydrogens is 220 g/mol. The van der Waals surface area contributed by atoms with Crippen LogP contribution in [0.25, 0.3) is 0 Å². The van der Waals surface area contributed by atoms with E-state index in [2.05, 4.69) is 17.2 Å². The Morgan fingerprint density at radius 2 is 2.12 bits per heavy atom. The number of hydrogen-bond donors (Lipinski definition) is 2. The first-order valence-electron chi connectivity index (χ1n) is 5.68. The van der Waals surface area contributed by atoms with Gasteiger partial charge in [-0.1, -0.05) is 6.92 Å². The fourth-order valence-electron chi connectivity index (χ4n) is 1.23. The monoisotopic (exact) mass is 240 g/mol. The summed E-state index contributed by atoms with van der Waals surface area (Å²) in [6, 6.07) is -0.237. The Balaban J connectivity index is 4.10. The first kappa shape index (κ1) is 15.3. The van der Waals surface area contributed by atoms with Gasteiger partial charge < -0.3 is 15.3 Å². The number of amides is 2. The van der Waals surface area contributed by atoms with Crippen molar-refractivity contribution in [1.82, 2.24) is 10.2 Å². The maximum Gasteiger partial charge on any atom is 0.317 e. The van der Waals surface area contributed by atoms with E-state index in [-0.39, 0.29) is 12.6 Å². The quantitative estimate of drug-likeness (QED) is 0.540. The van der Waals surface area contributed by atoms with Gasteiger partial charge in [-0.25, -0.2) is 4.79 Å². The third-order valence-electron chi connectivity index (χ3n) is 2.29. The van der Waals surface area contributed by atoms with Gasteiger partial charge in [-0.2, -0.15) is 0 Å². The number of carbonyl (C=O) groups is 2. The molecule has 5 heteroatoms. The summed E-state index contributed by atoms with van der Waals surface area (Å²) in [5.74, 6) is 4.13. The van der Waals surface area contributed by atoms with Gasteiger partial charge in [-0.3, -0.25) is 4.79 Å². The maximum atomic E-state index is 11.7. The molecule has 96 valence electrons. The summed E-state index contributed by atoms with van der Waals surface area (Å²) in [5.41, 5.74) is 0. The number of carbonyl (C=O) groups excluding carboxylic acids is 1. The third-order valence-corrected chi connectivity index (χ3v) is 2.29. The van der Waals surface area contributed by atoms with Gasteiger partial charge in [0.25, 0.3) is 0 Å². The molecule has 0 fully saturated rings. The summed E-state index contributed by atoms with van der Waals surface area (Å²) >= 11 is 0. The number of carboxylic acids is 1. The molecule has 1 atom stereocenters. The van der Waals surface area contributed by atoms with E-state index in [0.29, 0.717) is 19.5 Å². The molecule has 0 aromatic carbocycles. The minimum Gasteiger partial charge on any atom is -0.481 e. The van der Waals surface area contributed by atoms with Gasteiger partial charge in [0.2, 0.25) is 0 Å². The highest BCUT2D eigenvalue weighted by Crippen LogP contribution is 2.00. The Hall–Kier alpha value is -1.70. The number of aliphatic carboxylic acids is 1. The van der Waals surface area contributed by atoms with Crippen molar-refractivity contribution in [2.45, 2.75) is 27.2 Å². The van der Waals surface area contributed by atoms with E-state index in [1.54, 1.807) is 13.8 Å². The smallest absolute Gasteiger partial charge is 0.317 e. The minimum absolute atomic E-state index is 0.219. The molecule has 0 aliphatic rings. The molecule has 2 amide bonds. The molecule has 0 rings (SSSR count). The lowest BCUT2D eigenvalue weighted by atomic mass is 10.2. The standard InChI is InChI=1S/C12H20N2O3/c1-4-6-7-8-13-12(17)14(5-2)9-10(3)11(15)16/h10H,5,7-9H2,1-3H3,(H,13,17)(H,15,16). The summed E-state index contributed by atoms with van der Waals surface area (Å²) in [7, 11) is 0. The van der Waals surface area contributed by atoms with Crippen molar-refractivity contribution in [3.8, 4) is 11.8 Å². The molecule has 1 unspecified atom stereocenters. The summed E-state index contributed by atoms with van der Waals surface area (Å²) in [6.07, 6.45) is 0.605. The molecular formula is C12H20N2O3. The minimum atomic E-state index is -0.895. The zero-order chi connectivity index (χ0) is 13.3. The van der Waals surface area contributed by atoms with Crippen molar-refractivity contribution < 1.29 is 14.7 Å². The Bertz CT molecular complexity index is 317. The number of carboxylic acid groups (broad SMARTS) is 1. The average Bonchev–Trinajstić information content (AvgIpc) is 2.30. The molecule has 0 aliphatic carbocycles. The van der Waals surface area contributed by atoms with Crippen LogP contribution in [-0.2, 0) is 4.79 Å². The molecule has 17 heavy (non-hydrogen) atoms. The van der Waals surface area contributed by atoms with Crippen LogP contribution in [0.15, 0.2) is 0 Å². The van der Waals surface area contributed by atoms with Gasteiger partial charge in [0.05, 0.1) is 5.92 Å². The summed E-state index contributed by atoms with van der Waals surface area (Å²) in [4.78, 5) is 23.8. The van der Waals surface area contributed by atoms with Crippen LogP contribution in [-0.4, -0.2) is 41.6 Å². The van der Waals surface area contributed by atoms with Crippen molar-refractivity contribution in [3.05, 3.63) is 0 Å². The first-order chi connectivity index (χ1) is 8.02. The Kier molecular flexibility index (Phi) is 7.61. The van der Waals surface area contributed by atoms with Crippen LogP contribution >= 0.6 is 0 Å². The maximum absolute atomic E-state index is 11.7. The highest BCUT2D eigenvalue weighted by atomic mass is 16.4. The number of rotatable bonds is 6. The average molecular weight is 240 g/mol. The normalized spacial score (nSPS) is 11.0. The second-order valence-electron chi connectivity index (χ2n) is 3.69. The summed E-state index contributed by atoms with van der Waals surface area (Å²) in [5, 5.41) is 11.5. The van der Waals surface area contributed by atoms with Gasteiger partial charge in [0.15, 0.2) is 0 Å². The van der Waals surface area contributed by atoms with Crippen LogP contribution < -0.4 is 5.32 Å². The molecule has 0 saturated heterocycles. The molecule has 0 aromatic heterocycles. The lowest BCUT2D eigenvalue weighted by Gasteiger charge is -2.23. The molecule has 0 aliphatic heterocycles. The Morgan fingerprint density at radius 1 is 1.47 bits per heavy atom. The highest BCUT2D eigenvalue weighted by Gasteiger charge is 2.18. The van der Waals surface area contributed by atoms with E-state index < -0.39 is 11.9 Å². The van der Waals surface area contributed by atoms with E-state index in [0.717, 1.165) is 0 Å². The van der Waals surface area contributed by atoms with Crippen LogP contribution in [0, 0.1) is 17.8 Å². The number of urea groups is 1. The molecule has 0 aromatic rings. The van der Waals surface area contributed by atoms with Crippen molar-refractivity contribution in [3.63, 3.8) is 0 Å². The molecule has 0 saturated carbocycles. The summed E-state index contributed by atoms with van der Waals surface area (Å²) in [6.45, 7) is 6.34. The van der Waals surface area contributed by atoms with Crippen LogP contribution in [0.4, 0.5) is 4.79 Å². The van der Waals surface area contributed by atoms with Crippen LogP contribution in [0.2, 0.25) is 0 Å². The van der Waals surface area contributed by atoms with Crippen LogP contribution in [0.3, 0.4) is 0 Å². The van der Waals surface area contributed by atoms with Crippen LogP contribution in [0.1, 0.15) is 27.2 Å². The lowest BCUT2D eigenvalue weighted by molar-refractivity contribution is -0.141. The second kappa shape index (κ2) is 8.45. The predicted molar refractivity (Wildman–Crippen MR) is 65.5 cm³/mol. The van der Waals surface area contributed by atoms with Gasteiger partial charge in [0.1, 0.15) is 0 Å². The van der Waals surface area contributed by atoms with Gasteiger partial charge in [-0.05, 0) is 13.8 Å². The topological polar surface area (TPSA) is 69.6 Å². The molecule has 0 radical (unpaired) electrons. The lowest BCUT2D eigenvalue weighted by Crippen LogP contribution is -2.43. The number of hydrogen-bond acceptors (Lipinski definition) is 2. The zero-order valence-electron chi connectivity index (χ0n) is 10.6. The van der Waals surface area contributed by atoms with E-state index in [1.807, 2.05) is 6.92 Å². The fraction of sp³-hybridized carbons (Fsp3) is 0.667. The summed E-state index contributed by atoms with van der Waals surface area (Å²) < 4.78 is 0. The fourth-order valence-corrected chi connectivity index (χ4v) is 1.23. The molecule has 0 spiro atoms.